The molecule has 0 spiro atoms. The molecular weight excluding hydrogens is 252 g/mol. The van der Waals surface area contributed by atoms with Gasteiger partial charge in [0.2, 0.25) is 0 Å². The average Bonchev–Trinajstić information content (AvgIpc) is 2.35. The molecule has 0 saturated heterocycles. The van der Waals surface area contributed by atoms with Crippen LogP contribution in [0.15, 0.2) is 18.2 Å². The third-order valence-corrected chi connectivity index (χ3v) is 3.55. The standard InChI is InChI=1S/C16H26N2O2/c1-6-9-17-16(4,15(19)20)11-18(5)14-8-7-12(2)10-13(14)3/h7-8,10,17H,6,9,11H2,1-5H3,(H,19,20). The molecule has 0 aliphatic rings. The Morgan fingerprint density at radius 2 is 2.05 bits per heavy atom. The predicted molar refractivity (Wildman–Crippen MR) is 83.5 cm³/mol. The molecule has 2 N–H and O–H groups in total. The minimum Gasteiger partial charge on any atom is -0.480 e. The van der Waals surface area contributed by atoms with E-state index in [2.05, 4.69) is 31.3 Å². The number of carboxylic acids is 1. The first-order valence-electron chi connectivity index (χ1n) is 7.07. The average molecular weight is 278 g/mol. The molecule has 1 unspecified atom stereocenters. The van der Waals surface area contributed by atoms with E-state index >= 15 is 0 Å². The van der Waals surface area contributed by atoms with Gasteiger partial charge in [-0.25, -0.2) is 0 Å². The van der Waals surface area contributed by atoms with Crippen molar-refractivity contribution in [2.75, 3.05) is 25.0 Å². The molecule has 0 aliphatic heterocycles. The molecule has 0 radical (unpaired) electrons. The lowest BCUT2D eigenvalue weighted by Gasteiger charge is -2.33. The van der Waals surface area contributed by atoms with E-state index in [-0.39, 0.29) is 0 Å². The summed E-state index contributed by atoms with van der Waals surface area (Å²) < 4.78 is 0. The zero-order chi connectivity index (χ0) is 15.3. The lowest BCUT2D eigenvalue weighted by Crippen LogP contribution is -2.56. The van der Waals surface area contributed by atoms with E-state index < -0.39 is 11.5 Å². The maximum Gasteiger partial charge on any atom is 0.325 e. The molecule has 0 aliphatic carbocycles. The van der Waals surface area contributed by atoms with Crippen molar-refractivity contribution in [1.82, 2.24) is 5.32 Å². The largest absolute Gasteiger partial charge is 0.480 e. The van der Waals surface area contributed by atoms with Crippen LogP contribution in [0.4, 0.5) is 5.69 Å². The Morgan fingerprint density at radius 3 is 2.55 bits per heavy atom. The van der Waals surface area contributed by atoms with Crippen molar-refractivity contribution in [1.29, 1.82) is 0 Å². The molecule has 0 saturated carbocycles. The molecule has 1 rings (SSSR count). The molecule has 0 heterocycles. The fourth-order valence-corrected chi connectivity index (χ4v) is 2.39. The molecule has 0 fully saturated rings. The highest BCUT2D eigenvalue weighted by molar-refractivity contribution is 5.79. The maximum absolute atomic E-state index is 11.5. The second-order valence-corrected chi connectivity index (χ2v) is 5.71. The van der Waals surface area contributed by atoms with Crippen LogP contribution in [-0.4, -0.2) is 36.8 Å². The first-order chi connectivity index (χ1) is 9.30. The molecule has 0 amide bonds. The van der Waals surface area contributed by atoms with Crippen LogP contribution in [0.3, 0.4) is 0 Å². The van der Waals surface area contributed by atoms with Gasteiger partial charge in [0.25, 0.3) is 0 Å². The molecule has 1 aromatic carbocycles. The topological polar surface area (TPSA) is 52.6 Å². The Morgan fingerprint density at radius 1 is 1.40 bits per heavy atom. The van der Waals surface area contributed by atoms with Crippen molar-refractivity contribution >= 4 is 11.7 Å². The molecule has 20 heavy (non-hydrogen) atoms. The number of aryl methyl sites for hydroxylation is 2. The lowest BCUT2D eigenvalue weighted by molar-refractivity contribution is -0.143. The van der Waals surface area contributed by atoms with Crippen molar-refractivity contribution < 1.29 is 9.90 Å². The number of carbonyl (C=O) groups is 1. The van der Waals surface area contributed by atoms with Crippen LogP contribution in [0.25, 0.3) is 0 Å². The normalized spacial score (nSPS) is 13.8. The summed E-state index contributed by atoms with van der Waals surface area (Å²) in [6, 6.07) is 6.21. The third kappa shape index (κ3) is 3.97. The Kier molecular flexibility index (Phi) is 5.57. The first kappa shape index (κ1) is 16.5. The summed E-state index contributed by atoms with van der Waals surface area (Å²) in [5.74, 6) is -0.817. The van der Waals surface area contributed by atoms with E-state index in [0.717, 1.165) is 17.7 Å². The number of nitrogens with zero attached hydrogens (tertiary/aromatic N) is 1. The zero-order valence-electron chi connectivity index (χ0n) is 13.2. The van der Waals surface area contributed by atoms with Crippen molar-refractivity contribution in [2.24, 2.45) is 0 Å². The molecular formula is C16H26N2O2. The van der Waals surface area contributed by atoms with E-state index in [1.165, 1.54) is 5.56 Å². The van der Waals surface area contributed by atoms with Gasteiger partial charge in [-0.2, -0.15) is 0 Å². The van der Waals surface area contributed by atoms with Crippen LogP contribution in [0.2, 0.25) is 0 Å². The van der Waals surface area contributed by atoms with Gasteiger partial charge in [0.15, 0.2) is 0 Å². The maximum atomic E-state index is 11.5. The van der Waals surface area contributed by atoms with Gasteiger partial charge in [-0.1, -0.05) is 24.6 Å². The summed E-state index contributed by atoms with van der Waals surface area (Å²) in [6.45, 7) is 9.00. The fraction of sp³-hybridized carbons (Fsp3) is 0.562. The van der Waals surface area contributed by atoms with Crippen LogP contribution < -0.4 is 10.2 Å². The van der Waals surface area contributed by atoms with Crippen LogP contribution in [0.5, 0.6) is 0 Å². The van der Waals surface area contributed by atoms with E-state index in [0.29, 0.717) is 13.1 Å². The minimum absolute atomic E-state index is 0.423. The molecule has 1 aromatic rings. The summed E-state index contributed by atoms with van der Waals surface area (Å²) in [6.07, 6.45) is 0.913. The van der Waals surface area contributed by atoms with Crippen molar-refractivity contribution in [3.8, 4) is 0 Å². The Bertz CT molecular complexity index is 474. The van der Waals surface area contributed by atoms with Gasteiger partial charge in [0.05, 0.1) is 0 Å². The van der Waals surface area contributed by atoms with Crippen molar-refractivity contribution in [2.45, 2.75) is 39.7 Å². The van der Waals surface area contributed by atoms with Gasteiger partial charge in [0.1, 0.15) is 5.54 Å². The van der Waals surface area contributed by atoms with Crippen molar-refractivity contribution in [3.05, 3.63) is 29.3 Å². The van der Waals surface area contributed by atoms with Crippen LogP contribution >= 0.6 is 0 Å². The Hall–Kier alpha value is -1.55. The Labute approximate surface area is 121 Å². The number of hydrogen-bond acceptors (Lipinski definition) is 3. The first-order valence-corrected chi connectivity index (χ1v) is 7.07. The van der Waals surface area contributed by atoms with Gasteiger partial charge in [0, 0.05) is 19.3 Å². The predicted octanol–water partition coefficient (Wildman–Crippen LogP) is 2.58. The lowest BCUT2D eigenvalue weighted by atomic mass is 10.0. The monoisotopic (exact) mass is 278 g/mol. The second-order valence-electron chi connectivity index (χ2n) is 5.71. The molecule has 4 nitrogen and oxygen atoms in total. The highest BCUT2D eigenvalue weighted by Crippen LogP contribution is 2.21. The third-order valence-electron chi connectivity index (χ3n) is 3.55. The summed E-state index contributed by atoms with van der Waals surface area (Å²) in [5.41, 5.74) is 2.50. The van der Waals surface area contributed by atoms with Gasteiger partial charge >= 0.3 is 5.97 Å². The molecule has 0 bridgehead atoms. The van der Waals surface area contributed by atoms with Crippen molar-refractivity contribution in [3.63, 3.8) is 0 Å². The second kappa shape index (κ2) is 6.75. The van der Waals surface area contributed by atoms with Gasteiger partial charge < -0.3 is 15.3 Å². The number of benzene rings is 1. The molecule has 112 valence electrons. The highest BCUT2D eigenvalue weighted by Gasteiger charge is 2.33. The molecule has 0 aromatic heterocycles. The van der Waals surface area contributed by atoms with E-state index in [4.69, 9.17) is 0 Å². The number of nitrogens with one attached hydrogen (secondary N) is 1. The number of aliphatic carboxylic acids is 1. The minimum atomic E-state index is -0.942. The number of anilines is 1. The summed E-state index contributed by atoms with van der Waals surface area (Å²) >= 11 is 0. The van der Waals surface area contributed by atoms with Gasteiger partial charge in [-0.15, -0.1) is 0 Å². The highest BCUT2D eigenvalue weighted by atomic mass is 16.4. The molecule has 4 heteroatoms. The molecule has 1 atom stereocenters. The number of hydrogen-bond donors (Lipinski definition) is 2. The quantitative estimate of drug-likeness (QED) is 0.805. The number of likely N-dealkylation sites (N-methyl/N-ethyl adjacent to an activating group) is 1. The van der Waals surface area contributed by atoms with Crippen LogP contribution in [0, 0.1) is 13.8 Å². The number of carboxylic acid groups (broad SMARTS) is 1. The van der Waals surface area contributed by atoms with Crippen LogP contribution in [-0.2, 0) is 4.79 Å². The zero-order valence-corrected chi connectivity index (χ0v) is 13.2. The fourth-order valence-electron chi connectivity index (χ4n) is 2.39. The van der Waals surface area contributed by atoms with Gasteiger partial charge in [-0.3, -0.25) is 4.79 Å². The summed E-state index contributed by atoms with van der Waals surface area (Å²) in [5, 5.41) is 12.6. The SMILES string of the molecule is CCCNC(C)(CN(C)c1ccc(C)cc1C)C(=O)O. The van der Waals surface area contributed by atoms with E-state index in [1.807, 2.05) is 24.9 Å². The number of rotatable bonds is 7. The van der Waals surface area contributed by atoms with Crippen LogP contribution in [0.1, 0.15) is 31.4 Å². The Balaban J connectivity index is 2.90. The van der Waals surface area contributed by atoms with Gasteiger partial charge in [-0.05, 0) is 45.4 Å². The van der Waals surface area contributed by atoms with E-state index in [9.17, 15) is 9.90 Å². The summed E-state index contributed by atoms with van der Waals surface area (Å²) in [4.78, 5) is 13.5. The smallest absolute Gasteiger partial charge is 0.325 e. The summed E-state index contributed by atoms with van der Waals surface area (Å²) in [7, 11) is 1.94. The van der Waals surface area contributed by atoms with E-state index in [1.54, 1.807) is 6.92 Å².